The molecule has 114 valence electrons. The van der Waals surface area contributed by atoms with Gasteiger partial charge in [0, 0.05) is 13.2 Å². The van der Waals surface area contributed by atoms with Crippen LogP contribution in [0.5, 0.6) is 0 Å². The van der Waals surface area contributed by atoms with Gasteiger partial charge >= 0.3 is 0 Å². The van der Waals surface area contributed by atoms with E-state index >= 15 is 0 Å². The highest BCUT2D eigenvalue weighted by molar-refractivity contribution is 5.85. The highest BCUT2D eigenvalue weighted by Gasteiger charge is 2.47. The van der Waals surface area contributed by atoms with Gasteiger partial charge in [-0.05, 0) is 24.3 Å². The van der Waals surface area contributed by atoms with Crippen molar-refractivity contribution in [2.75, 3.05) is 7.11 Å². The van der Waals surface area contributed by atoms with Gasteiger partial charge in [0.25, 0.3) is 0 Å². The molecule has 2 aliphatic rings. The molecule has 3 rings (SSSR count). The lowest BCUT2D eigenvalue weighted by molar-refractivity contribution is -0.138. The summed E-state index contributed by atoms with van der Waals surface area (Å²) in [5.41, 5.74) is 1.16. The van der Waals surface area contributed by atoms with Crippen LogP contribution in [0.25, 0.3) is 0 Å². The number of nitrogens with zero attached hydrogens (tertiary/aromatic N) is 1. The third kappa shape index (κ3) is 2.58. The van der Waals surface area contributed by atoms with Crippen molar-refractivity contribution in [1.82, 2.24) is 10.2 Å². The van der Waals surface area contributed by atoms with E-state index in [4.69, 9.17) is 4.74 Å². The van der Waals surface area contributed by atoms with Crippen LogP contribution in [0.3, 0.4) is 0 Å². The minimum Gasteiger partial charge on any atom is -0.381 e. The van der Waals surface area contributed by atoms with Crippen molar-refractivity contribution in [1.29, 1.82) is 0 Å². The van der Waals surface area contributed by atoms with E-state index in [1.807, 2.05) is 18.2 Å². The predicted molar refractivity (Wildman–Crippen MR) is 81.6 cm³/mol. The molecule has 2 atom stereocenters. The van der Waals surface area contributed by atoms with Gasteiger partial charge < -0.3 is 9.64 Å². The van der Waals surface area contributed by atoms with Crippen LogP contribution in [-0.2, 0) is 9.53 Å². The van der Waals surface area contributed by atoms with Crippen molar-refractivity contribution < 1.29 is 9.53 Å². The Labute approximate surface area is 126 Å². The van der Waals surface area contributed by atoms with E-state index in [0.717, 1.165) is 18.4 Å². The molecule has 1 saturated heterocycles. The molecule has 1 saturated carbocycles. The fraction of sp³-hybridized carbons (Fsp3) is 0.588. The standard InChI is InChI=1S/C17H24N2O2/c1-11(2)15-17(20)19(13-9-14(10-13)21-3)16(18-15)12-7-5-4-6-8-12/h4-8,11,13-16,18H,9-10H2,1-3H3. The largest absolute Gasteiger partial charge is 0.381 e. The number of rotatable bonds is 4. The summed E-state index contributed by atoms with van der Waals surface area (Å²) in [6.07, 6.45) is 2.18. The number of nitrogens with one attached hydrogen (secondary N) is 1. The molecule has 1 heterocycles. The van der Waals surface area contributed by atoms with Crippen LogP contribution in [0.4, 0.5) is 0 Å². The lowest BCUT2D eigenvalue weighted by Crippen LogP contribution is -2.50. The number of amides is 1. The minimum atomic E-state index is -0.0863. The van der Waals surface area contributed by atoms with E-state index in [2.05, 4.69) is 36.2 Å². The van der Waals surface area contributed by atoms with Crippen molar-refractivity contribution in [2.45, 2.75) is 51.0 Å². The Morgan fingerprint density at radius 1 is 1.24 bits per heavy atom. The Morgan fingerprint density at radius 3 is 2.48 bits per heavy atom. The number of hydrogen-bond donors (Lipinski definition) is 1. The highest BCUT2D eigenvalue weighted by atomic mass is 16.5. The molecule has 1 amide bonds. The first-order valence-electron chi connectivity index (χ1n) is 7.77. The van der Waals surface area contributed by atoms with E-state index in [1.54, 1.807) is 7.11 Å². The number of benzene rings is 1. The maximum Gasteiger partial charge on any atom is 0.241 e. The van der Waals surface area contributed by atoms with E-state index < -0.39 is 0 Å². The van der Waals surface area contributed by atoms with E-state index in [0.29, 0.717) is 18.1 Å². The zero-order valence-corrected chi connectivity index (χ0v) is 13.0. The van der Waals surface area contributed by atoms with Gasteiger partial charge in [-0.15, -0.1) is 0 Å². The van der Waals surface area contributed by atoms with Crippen molar-refractivity contribution in [2.24, 2.45) is 5.92 Å². The summed E-state index contributed by atoms with van der Waals surface area (Å²) in [6, 6.07) is 10.5. The quantitative estimate of drug-likeness (QED) is 0.924. The SMILES string of the molecule is COC1CC(N2C(=O)C(C(C)C)NC2c2ccccc2)C1. The van der Waals surface area contributed by atoms with Crippen LogP contribution >= 0.6 is 0 Å². The van der Waals surface area contributed by atoms with Gasteiger partial charge in [-0.3, -0.25) is 10.1 Å². The molecule has 1 aromatic rings. The lowest BCUT2D eigenvalue weighted by Gasteiger charge is -2.42. The Kier molecular flexibility index (Phi) is 4.00. The molecule has 4 nitrogen and oxygen atoms in total. The van der Waals surface area contributed by atoms with Gasteiger partial charge in [-0.1, -0.05) is 44.2 Å². The monoisotopic (exact) mass is 288 g/mol. The maximum atomic E-state index is 12.8. The first-order valence-corrected chi connectivity index (χ1v) is 7.77. The second kappa shape index (κ2) is 5.78. The third-order valence-electron chi connectivity index (χ3n) is 4.71. The smallest absolute Gasteiger partial charge is 0.241 e. The summed E-state index contributed by atoms with van der Waals surface area (Å²) < 4.78 is 5.37. The summed E-state index contributed by atoms with van der Waals surface area (Å²) in [6.45, 7) is 4.19. The summed E-state index contributed by atoms with van der Waals surface area (Å²) in [5.74, 6) is 0.533. The molecule has 0 bridgehead atoms. The highest BCUT2D eigenvalue weighted by Crippen LogP contribution is 2.37. The molecule has 0 spiro atoms. The fourth-order valence-corrected chi connectivity index (χ4v) is 3.33. The molecule has 1 aliphatic carbocycles. The van der Waals surface area contributed by atoms with Gasteiger partial charge in [-0.2, -0.15) is 0 Å². The summed E-state index contributed by atoms with van der Waals surface area (Å²) in [4.78, 5) is 14.8. The van der Waals surface area contributed by atoms with Crippen LogP contribution in [0.15, 0.2) is 30.3 Å². The predicted octanol–water partition coefficient (Wildman–Crippen LogP) is 2.32. The Balaban J connectivity index is 1.84. The second-order valence-electron chi connectivity index (χ2n) is 6.43. The fourth-order valence-electron chi connectivity index (χ4n) is 3.33. The molecule has 2 fully saturated rings. The Hall–Kier alpha value is -1.39. The van der Waals surface area contributed by atoms with Gasteiger partial charge in [0.15, 0.2) is 0 Å². The van der Waals surface area contributed by atoms with E-state index in [1.165, 1.54) is 0 Å². The molecular weight excluding hydrogens is 264 g/mol. The van der Waals surface area contributed by atoms with Gasteiger partial charge in [0.2, 0.25) is 5.91 Å². The van der Waals surface area contributed by atoms with Gasteiger partial charge in [0.1, 0.15) is 6.17 Å². The summed E-state index contributed by atoms with van der Waals surface area (Å²) in [5, 5.41) is 3.52. The Morgan fingerprint density at radius 2 is 1.90 bits per heavy atom. The number of hydrogen-bond acceptors (Lipinski definition) is 3. The molecule has 4 heteroatoms. The molecule has 1 aromatic carbocycles. The molecule has 1 aliphatic heterocycles. The van der Waals surface area contributed by atoms with Gasteiger partial charge in [0.05, 0.1) is 12.1 Å². The van der Waals surface area contributed by atoms with Crippen LogP contribution in [0, 0.1) is 5.92 Å². The number of methoxy groups -OCH3 is 1. The van der Waals surface area contributed by atoms with Crippen LogP contribution in [0.2, 0.25) is 0 Å². The van der Waals surface area contributed by atoms with Crippen molar-refractivity contribution in [3.8, 4) is 0 Å². The van der Waals surface area contributed by atoms with Crippen molar-refractivity contribution in [3.05, 3.63) is 35.9 Å². The Bertz CT molecular complexity index is 497. The number of ether oxygens (including phenoxy) is 1. The maximum absolute atomic E-state index is 12.8. The van der Waals surface area contributed by atoms with Crippen LogP contribution in [-0.4, -0.2) is 36.1 Å². The molecule has 0 radical (unpaired) electrons. The molecule has 1 N–H and O–H groups in total. The van der Waals surface area contributed by atoms with Crippen LogP contribution < -0.4 is 5.32 Å². The lowest BCUT2D eigenvalue weighted by atomic mass is 9.87. The first-order chi connectivity index (χ1) is 10.1. The minimum absolute atomic E-state index is 0.00564. The van der Waals surface area contributed by atoms with E-state index in [9.17, 15) is 4.79 Å². The average molecular weight is 288 g/mol. The third-order valence-corrected chi connectivity index (χ3v) is 4.71. The first kappa shape index (κ1) is 14.5. The van der Waals surface area contributed by atoms with Crippen LogP contribution in [0.1, 0.15) is 38.4 Å². The summed E-state index contributed by atoms with van der Waals surface area (Å²) >= 11 is 0. The normalized spacial score (nSPS) is 32.6. The number of carbonyl (C=O) groups is 1. The summed E-state index contributed by atoms with van der Waals surface area (Å²) in [7, 11) is 1.75. The average Bonchev–Trinajstić information content (AvgIpc) is 2.77. The molecular formula is C17H24N2O2. The number of carbonyl (C=O) groups excluding carboxylic acids is 1. The van der Waals surface area contributed by atoms with Crippen molar-refractivity contribution in [3.63, 3.8) is 0 Å². The second-order valence-corrected chi connectivity index (χ2v) is 6.43. The molecule has 21 heavy (non-hydrogen) atoms. The van der Waals surface area contributed by atoms with E-state index in [-0.39, 0.29) is 18.1 Å². The van der Waals surface area contributed by atoms with Crippen molar-refractivity contribution >= 4 is 5.91 Å². The topological polar surface area (TPSA) is 41.6 Å². The van der Waals surface area contributed by atoms with Gasteiger partial charge in [-0.25, -0.2) is 0 Å². The molecule has 2 unspecified atom stereocenters. The zero-order chi connectivity index (χ0) is 15.0. The molecule has 0 aromatic heterocycles. The zero-order valence-electron chi connectivity index (χ0n) is 13.0.